The van der Waals surface area contributed by atoms with Crippen LogP contribution >= 0.6 is 0 Å². The van der Waals surface area contributed by atoms with Crippen molar-refractivity contribution in [1.29, 1.82) is 0 Å². The quantitative estimate of drug-likeness (QED) is 0.400. The number of hydrogen-bond donors (Lipinski definition) is 2. The van der Waals surface area contributed by atoms with Crippen LogP contribution in [0.3, 0.4) is 0 Å². The first-order chi connectivity index (χ1) is 12.8. The van der Waals surface area contributed by atoms with Crippen LogP contribution in [-0.4, -0.2) is 60.7 Å². The van der Waals surface area contributed by atoms with Gasteiger partial charge < -0.3 is 19.8 Å². The lowest BCUT2D eigenvalue weighted by Gasteiger charge is -2.22. The molecule has 156 valence electrons. The summed E-state index contributed by atoms with van der Waals surface area (Å²) < 4.78 is 5.74. The highest BCUT2D eigenvalue weighted by Gasteiger charge is 2.43. The van der Waals surface area contributed by atoms with E-state index < -0.39 is 5.60 Å². The minimum atomic E-state index is -0.627. The van der Waals surface area contributed by atoms with Crippen LogP contribution in [0.15, 0.2) is 23.8 Å². The molecular formula is C23H41NO3. The zero-order valence-electron chi connectivity index (χ0n) is 17.9. The summed E-state index contributed by atoms with van der Waals surface area (Å²) in [5, 5.41) is 20.9. The van der Waals surface area contributed by atoms with Gasteiger partial charge in [-0.1, -0.05) is 43.6 Å². The summed E-state index contributed by atoms with van der Waals surface area (Å²) in [4.78, 5) is 2.14. The van der Waals surface area contributed by atoms with E-state index in [1.54, 1.807) is 0 Å². The molecule has 0 bridgehead atoms. The van der Waals surface area contributed by atoms with Gasteiger partial charge in [-0.25, -0.2) is 0 Å². The molecular weight excluding hydrogens is 338 g/mol. The van der Waals surface area contributed by atoms with Gasteiger partial charge in [-0.2, -0.15) is 0 Å². The van der Waals surface area contributed by atoms with E-state index in [0.29, 0.717) is 18.3 Å². The summed E-state index contributed by atoms with van der Waals surface area (Å²) in [5.41, 5.74) is 0.869. The van der Waals surface area contributed by atoms with Gasteiger partial charge in [0.1, 0.15) is 0 Å². The molecule has 0 unspecified atom stereocenters. The van der Waals surface area contributed by atoms with Crippen LogP contribution in [0.4, 0.5) is 0 Å². The number of nitrogens with zero attached hydrogens (tertiary/aromatic N) is 1. The summed E-state index contributed by atoms with van der Waals surface area (Å²) in [6, 6.07) is 0. The fourth-order valence-electron chi connectivity index (χ4n) is 4.48. The molecule has 1 saturated carbocycles. The monoisotopic (exact) mass is 379 g/mol. The highest BCUT2D eigenvalue weighted by molar-refractivity contribution is 5.20. The zero-order valence-corrected chi connectivity index (χ0v) is 17.9. The van der Waals surface area contributed by atoms with E-state index >= 15 is 0 Å². The zero-order chi connectivity index (χ0) is 19.9. The molecule has 0 aromatic rings. The number of unbranched alkanes of at least 4 members (excludes halogenated alkanes) is 1. The third-order valence-corrected chi connectivity index (χ3v) is 6.19. The summed E-state index contributed by atoms with van der Waals surface area (Å²) in [6.45, 7) is 6.62. The number of aliphatic hydroxyl groups is 2. The molecule has 1 fully saturated rings. The van der Waals surface area contributed by atoms with Crippen molar-refractivity contribution in [2.24, 2.45) is 17.8 Å². The Hall–Kier alpha value is -0.680. The van der Waals surface area contributed by atoms with Gasteiger partial charge in [-0.05, 0) is 65.0 Å². The predicted octanol–water partition coefficient (Wildman–Crippen LogP) is 3.79. The van der Waals surface area contributed by atoms with E-state index in [1.807, 2.05) is 6.92 Å². The average Bonchev–Trinajstić information content (AvgIpc) is 3.10. The largest absolute Gasteiger partial charge is 0.392 e. The van der Waals surface area contributed by atoms with Crippen molar-refractivity contribution < 1.29 is 14.9 Å². The van der Waals surface area contributed by atoms with Crippen molar-refractivity contribution in [3.8, 4) is 0 Å². The fourth-order valence-corrected chi connectivity index (χ4v) is 4.48. The van der Waals surface area contributed by atoms with Crippen molar-refractivity contribution in [3.05, 3.63) is 23.8 Å². The smallest absolute Gasteiger partial charge is 0.0654 e. The maximum Gasteiger partial charge on any atom is 0.0654 e. The number of ether oxygens (including phenoxy) is 1. The van der Waals surface area contributed by atoms with Crippen molar-refractivity contribution in [1.82, 2.24) is 4.90 Å². The topological polar surface area (TPSA) is 52.9 Å². The maximum atomic E-state index is 10.5. The standard InChI is InChI=1S/C23H41NO3/c1-5-6-10-23(2,26)11-7-8-20-21-16-18(15-19(21)17-22(20)25)9-13-27-14-12-24(3)4/h7-8,15,19-22,25-26H,5-6,9-14,16-17H2,1-4H3/t19-,20+,21-,22+,23-/m0/s1. The molecule has 0 heterocycles. The van der Waals surface area contributed by atoms with Gasteiger partial charge in [0.15, 0.2) is 0 Å². The molecule has 27 heavy (non-hydrogen) atoms. The van der Waals surface area contributed by atoms with E-state index in [4.69, 9.17) is 4.74 Å². The third-order valence-electron chi connectivity index (χ3n) is 6.19. The summed E-state index contributed by atoms with van der Waals surface area (Å²) >= 11 is 0. The number of likely N-dealkylation sites (N-methyl/N-ethyl adjacent to an activating group) is 1. The van der Waals surface area contributed by atoms with Gasteiger partial charge in [0.05, 0.1) is 24.9 Å². The average molecular weight is 380 g/mol. The van der Waals surface area contributed by atoms with Crippen molar-refractivity contribution >= 4 is 0 Å². The molecule has 0 aromatic carbocycles. The number of hydrogen-bond acceptors (Lipinski definition) is 4. The second kappa shape index (κ2) is 10.8. The Kier molecular flexibility index (Phi) is 9.00. The number of aliphatic hydroxyl groups excluding tert-OH is 1. The highest BCUT2D eigenvalue weighted by atomic mass is 16.5. The minimum Gasteiger partial charge on any atom is -0.392 e. The molecule has 2 aliphatic rings. The Labute approximate surface area is 166 Å². The van der Waals surface area contributed by atoms with E-state index in [0.717, 1.165) is 58.3 Å². The van der Waals surface area contributed by atoms with E-state index in [-0.39, 0.29) is 12.0 Å². The first-order valence-electron chi connectivity index (χ1n) is 10.8. The van der Waals surface area contributed by atoms with Crippen LogP contribution in [0.1, 0.15) is 58.8 Å². The second-order valence-corrected chi connectivity index (χ2v) is 9.14. The number of allylic oxidation sites excluding steroid dienone is 1. The van der Waals surface area contributed by atoms with E-state index in [2.05, 4.69) is 44.1 Å². The van der Waals surface area contributed by atoms with Crippen LogP contribution < -0.4 is 0 Å². The lowest BCUT2D eigenvalue weighted by atomic mass is 9.88. The molecule has 0 amide bonds. The fraction of sp³-hybridized carbons (Fsp3) is 0.826. The van der Waals surface area contributed by atoms with Crippen LogP contribution in [0.25, 0.3) is 0 Å². The predicted molar refractivity (Wildman–Crippen MR) is 112 cm³/mol. The summed E-state index contributed by atoms with van der Waals surface area (Å²) in [7, 11) is 4.12. The molecule has 0 spiro atoms. The van der Waals surface area contributed by atoms with E-state index in [9.17, 15) is 10.2 Å². The van der Waals surface area contributed by atoms with Crippen LogP contribution in [0.5, 0.6) is 0 Å². The van der Waals surface area contributed by atoms with Crippen molar-refractivity contribution in [3.63, 3.8) is 0 Å². The Morgan fingerprint density at radius 1 is 1.33 bits per heavy atom. The minimum absolute atomic E-state index is 0.223. The number of fused-ring (bicyclic) bond motifs is 1. The summed E-state index contributed by atoms with van der Waals surface area (Å²) in [5.74, 6) is 1.25. The normalized spacial score (nSPS) is 30.1. The van der Waals surface area contributed by atoms with Gasteiger partial charge in [0.25, 0.3) is 0 Å². The lowest BCUT2D eigenvalue weighted by molar-refractivity contribution is 0.0513. The van der Waals surface area contributed by atoms with Crippen molar-refractivity contribution in [2.45, 2.75) is 70.5 Å². The third kappa shape index (κ3) is 7.34. The van der Waals surface area contributed by atoms with Gasteiger partial charge in [-0.15, -0.1) is 0 Å². The van der Waals surface area contributed by atoms with Gasteiger partial charge in [-0.3, -0.25) is 0 Å². The molecule has 4 nitrogen and oxygen atoms in total. The Morgan fingerprint density at radius 3 is 2.81 bits per heavy atom. The van der Waals surface area contributed by atoms with Gasteiger partial charge in [0, 0.05) is 12.5 Å². The van der Waals surface area contributed by atoms with Gasteiger partial charge >= 0.3 is 0 Å². The molecule has 0 radical (unpaired) electrons. The SMILES string of the molecule is CCCC[C@](C)(O)CC=C[C@@H]1[C@H]2CC(CCOCCN(C)C)=C[C@H]2C[C@H]1O. The molecule has 0 aromatic heterocycles. The molecule has 2 aliphatic carbocycles. The molecule has 2 rings (SSSR count). The Balaban J connectivity index is 1.77. The summed E-state index contributed by atoms with van der Waals surface area (Å²) in [6.07, 6.45) is 13.1. The maximum absolute atomic E-state index is 10.5. The first-order valence-corrected chi connectivity index (χ1v) is 10.8. The Bertz CT molecular complexity index is 498. The highest BCUT2D eigenvalue weighted by Crippen LogP contribution is 2.48. The second-order valence-electron chi connectivity index (χ2n) is 9.14. The molecule has 4 heteroatoms. The number of rotatable bonds is 12. The van der Waals surface area contributed by atoms with Crippen LogP contribution in [0, 0.1) is 17.8 Å². The molecule has 2 N–H and O–H groups in total. The van der Waals surface area contributed by atoms with Crippen LogP contribution in [0.2, 0.25) is 0 Å². The molecule has 0 saturated heterocycles. The molecule has 5 atom stereocenters. The van der Waals surface area contributed by atoms with Gasteiger partial charge in [0.2, 0.25) is 0 Å². The Morgan fingerprint density at radius 2 is 2.11 bits per heavy atom. The first kappa shape index (κ1) is 22.6. The molecule has 0 aliphatic heterocycles. The lowest BCUT2D eigenvalue weighted by Crippen LogP contribution is -2.23. The van der Waals surface area contributed by atoms with Crippen LogP contribution in [-0.2, 0) is 4.74 Å². The van der Waals surface area contributed by atoms with Crippen molar-refractivity contribution in [2.75, 3.05) is 33.9 Å². The van der Waals surface area contributed by atoms with E-state index in [1.165, 1.54) is 5.57 Å².